The lowest BCUT2D eigenvalue weighted by Crippen LogP contribution is -2.29. The Hall–Kier alpha value is -1.29. The number of phosphoric acid groups is 1. The summed E-state index contributed by atoms with van der Waals surface area (Å²) in [5.41, 5.74) is 0. The summed E-state index contributed by atoms with van der Waals surface area (Å²) in [4.78, 5) is 35.1. The molecule has 0 radical (unpaired) electrons. The number of aliphatic hydroxyl groups is 2. The van der Waals surface area contributed by atoms with E-state index in [-0.39, 0.29) is 19.4 Å². The maximum atomic E-state index is 12.7. The summed E-state index contributed by atoms with van der Waals surface area (Å²) < 4.78 is 32.8. The summed E-state index contributed by atoms with van der Waals surface area (Å²) in [6.45, 7) is 2.39. The zero-order valence-electron chi connectivity index (χ0n) is 38.2. The molecule has 0 aromatic rings. The number of hydrogen-bond donors (Lipinski definition) is 3. The van der Waals surface area contributed by atoms with Crippen LogP contribution in [0, 0.1) is 0 Å². The Morgan fingerprint density at radius 2 is 0.864 bits per heavy atom. The van der Waals surface area contributed by atoms with Gasteiger partial charge in [0.15, 0.2) is 6.10 Å². The SMILES string of the molecule is CCCCCCCCCCCCC/C=C/CCC(=O)OC[C@H](COP(=O)(O)OC[C@@H](O)CO)OC(=O)CCCCCCCCCCCCCCCCCCCCCCC. The summed E-state index contributed by atoms with van der Waals surface area (Å²) in [7, 11) is -4.62. The van der Waals surface area contributed by atoms with Crippen LogP contribution < -0.4 is 0 Å². The van der Waals surface area contributed by atoms with Crippen molar-refractivity contribution in [2.24, 2.45) is 0 Å². The molecule has 0 saturated heterocycles. The third-order valence-electron chi connectivity index (χ3n) is 10.9. The van der Waals surface area contributed by atoms with E-state index in [9.17, 15) is 24.2 Å². The lowest BCUT2D eigenvalue weighted by Gasteiger charge is -2.20. The molecule has 0 saturated carbocycles. The van der Waals surface area contributed by atoms with E-state index >= 15 is 0 Å². The Bertz CT molecular complexity index is 993. The molecule has 0 aliphatic heterocycles. The summed E-state index contributed by atoms with van der Waals surface area (Å²) in [6.07, 6.45) is 44.8. The van der Waals surface area contributed by atoms with Crippen LogP contribution in [0.5, 0.6) is 0 Å². The fourth-order valence-corrected chi connectivity index (χ4v) is 7.92. The van der Waals surface area contributed by atoms with Crippen LogP contribution in [0.1, 0.15) is 245 Å². The Morgan fingerprint density at radius 1 is 0.492 bits per heavy atom. The molecule has 350 valence electrons. The van der Waals surface area contributed by atoms with Gasteiger partial charge in [-0.3, -0.25) is 18.6 Å². The smallest absolute Gasteiger partial charge is 0.462 e. The molecule has 0 aliphatic carbocycles. The van der Waals surface area contributed by atoms with Crippen LogP contribution in [-0.2, 0) is 32.7 Å². The van der Waals surface area contributed by atoms with Crippen LogP contribution in [0.3, 0.4) is 0 Å². The van der Waals surface area contributed by atoms with E-state index in [0.29, 0.717) is 12.8 Å². The zero-order chi connectivity index (χ0) is 43.3. The second-order valence-electron chi connectivity index (χ2n) is 16.8. The van der Waals surface area contributed by atoms with Crippen molar-refractivity contribution >= 4 is 19.8 Å². The third-order valence-corrected chi connectivity index (χ3v) is 11.9. The van der Waals surface area contributed by atoms with E-state index < -0.39 is 51.8 Å². The van der Waals surface area contributed by atoms with Gasteiger partial charge in [0.1, 0.15) is 12.7 Å². The zero-order valence-corrected chi connectivity index (χ0v) is 39.1. The predicted octanol–water partition coefficient (Wildman–Crippen LogP) is 13.6. The van der Waals surface area contributed by atoms with Crippen LogP contribution >= 0.6 is 7.82 Å². The van der Waals surface area contributed by atoms with Gasteiger partial charge in [0.05, 0.1) is 19.8 Å². The second-order valence-corrected chi connectivity index (χ2v) is 18.3. The Kier molecular flexibility index (Phi) is 43.8. The molecule has 0 spiro atoms. The molecule has 59 heavy (non-hydrogen) atoms. The first-order valence-electron chi connectivity index (χ1n) is 24.6. The van der Waals surface area contributed by atoms with Gasteiger partial charge in [-0.15, -0.1) is 0 Å². The summed E-state index contributed by atoms with van der Waals surface area (Å²) in [5, 5.41) is 18.4. The van der Waals surface area contributed by atoms with Crippen molar-refractivity contribution in [3.8, 4) is 0 Å². The maximum Gasteiger partial charge on any atom is 0.472 e. The number of hydrogen-bond acceptors (Lipinski definition) is 9. The molecular weight excluding hydrogens is 767 g/mol. The molecule has 0 aliphatic rings. The number of phosphoric ester groups is 1. The highest BCUT2D eigenvalue weighted by molar-refractivity contribution is 7.47. The standard InChI is InChI=1S/C48H93O10P/c1-3-5-7-9-11-13-15-17-19-20-21-22-23-24-26-28-30-32-34-36-38-40-48(52)58-46(44-57-59(53,54)56-42-45(50)41-49)43-55-47(51)39-37-35-33-31-29-27-25-18-16-14-12-10-8-6-4-2/h33,35,45-46,49-50H,3-32,34,36-44H2,1-2H3,(H,53,54)/b35-33+/t45-,46+/m0/s1. The van der Waals surface area contributed by atoms with Crippen molar-refractivity contribution in [2.75, 3.05) is 26.4 Å². The minimum Gasteiger partial charge on any atom is -0.462 e. The van der Waals surface area contributed by atoms with E-state index in [1.54, 1.807) is 0 Å². The minimum absolute atomic E-state index is 0.163. The van der Waals surface area contributed by atoms with E-state index in [2.05, 4.69) is 19.9 Å². The van der Waals surface area contributed by atoms with Gasteiger partial charge in [-0.2, -0.15) is 0 Å². The van der Waals surface area contributed by atoms with Crippen LogP contribution in [-0.4, -0.2) is 65.7 Å². The van der Waals surface area contributed by atoms with Gasteiger partial charge in [0.25, 0.3) is 0 Å². The molecule has 0 bridgehead atoms. The first-order chi connectivity index (χ1) is 28.7. The lowest BCUT2D eigenvalue weighted by molar-refractivity contribution is -0.161. The van der Waals surface area contributed by atoms with E-state index in [4.69, 9.17) is 23.6 Å². The number of allylic oxidation sites excluding steroid dienone is 2. The minimum atomic E-state index is -4.62. The predicted molar refractivity (Wildman–Crippen MR) is 242 cm³/mol. The van der Waals surface area contributed by atoms with Gasteiger partial charge >= 0.3 is 19.8 Å². The van der Waals surface area contributed by atoms with Gasteiger partial charge in [-0.25, -0.2) is 4.57 Å². The fraction of sp³-hybridized carbons (Fsp3) is 0.917. The van der Waals surface area contributed by atoms with Crippen molar-refractivity contribution in [1.82, 2.24) is 0 Å². The van der Waals surface area contributed by atoms with Crippen molar-refractivity contribution in [2.45, 2.75) is 257 Å². The highest BCUT2D eigenvalue weighted by atomic mass is 31.2. The number of aliphatic hydroxyl groups excluding tert-OH is 2. The van der Waals surface area contributed by atoms with Crippen LogP contribution in [0.15, 0.2) is 12.2 Å². The van der Waals surface area contributed by atoms with Crippen LogP contribution in [0.25, 0.3) is 0 Å². The monoisotopic (exact) mass is 861 g/mol. The molecule has 0 aromatic carbocycles. The third kappa shape index (κ3) is 44.6. The molecular formula is C48H93O10P. The number of carbonyl (C=O) groups excluding carboxylic acids is 2. The van der Waals surface area contributed by atoms with Crippen molar-refractivity contribution < 1.29 is 47.8 Å². The normalized spacial score (nSPS) is 13.8. The average molecular weight is 861 g/mol. The van der Waals surface area contributed by atoms with Crippen molar-refractivity contribution in [3.05, 3.63) is 12.2 Å². The summed E-state index contributed by atoms with van der Waals surface area (Å²) in [5.74, 6) is -0.966. The quantitative estimate of drug-likeness (QED) is 0.0234. The lowest BCUT2D eigenvalue weighted by atomic mass is 10.0. The summed E-state index contributed by atoms with van der Waals surface area (Å²) >= 11 is 0. The molecule has 0 rings (SSSR count). The highest BCUT2D eigenvalue weighted by Crippen LogP contribution is 2.43. The molecule has 0 heterocycles. The molecule has 0 fully saturated rings. The highest BCUT2D eigenvalue weighted by Gasteiger charge is 2.27. The number of carbonyl (C=O) groups is 2. The van der Waals surface area contributed by atoms with Gasteiger partial charge in [0.2, 0.25) is 0 Å². The number of ether oxygens (including phenoxy) is 2. The molecule has 10 nitrogen and oxygen atoms in total. The molecule has 0 aromatic heterocycles. The van der Waals surface area contributed by atoms with Gasteiger partial charge in [-0.05, 0) is 25.7 Å². The second kappa shape index (κ2) is 44.8. The van der Waals surface area contributed by atoms with E-state index in [1.165, 1.54) is 173 Å². The molecule has 3 atom stereocenters. The van der Waals surface area contributed by atoms with Crippen LogP contribution in [0.4, 0.5) is 0 Å². The van der Waals surface area contributed by atoms with Crippen LogP contribution in [0.2, 0.25) is 0 Å². The van der Waals surface area contributed by atoms with Gasteiger partial charge < -0.3 is 24.6 Å². The molecule has 3 N–H and O–H groups in total. The number of unbranched alkanes of at least 4 members (excludes halogenated alkanes) is 31. The Labute approximate surface area is 362 Å². The largest absolute Gasteiger partial charge is 0.472 e. The van der Waals surface area contributed by atoms with E-state index in [0.717, 1.165) is 32.1 Å². The van der Waals surface area contributed by atoms with Gasteiger partial charge in [-0.1, -0.05) is 219 Å². The maximum absolute atomic E-state index is 12.7. The molecule has 0 amide bonds. The van der Waals surface area contributed by atoms with Gasteiger partial charge in [0, 0.05) is 12.8 Å². The average Bonchev–Trinajstić information content (AvgIpc) is 3.22. The van der Waals surface area contributed by atoms with Crippen molar-refractivity contribution in [3.63, 3.8) is 0 Å². The molecule has 1 unspecified atom stereocenters. The fourth-order valence-electron chi connectivity index (χ4n) is 7.13. The molecule has 11 heteroatoms. The Balaban J connectivity index is 4.18. The first kappa shape index (κ1) is 57.7. The van der Waals surface area contributed by atoms with Crippen molar-refractivity contribution in [1.29, 1.82) is 0 Å². The van der Waals surface area contributed by atoms with E-state index in [1.807, 2.05) is 6.08 Å². The number of esters is 2. The summed E-state index contributed by atoms with van der Waals surface area (Å²) in [6, 6.07) is 0. The first-order valence-corrected chi connectivity index (χ1v) is 26.1. The topological polar surface area (TPSA) is 149 Å². The number of rotatable bonds is 47. The Morgan fingerprint density at radius 3 is 1.29 bits per heavy atom.